The summed E-state index contributed by atoms with van der Waals surface area (Å²) in [6, 6.07) is 15.1. The van der Waals surface area contributed by atoms with Gasteiger partial charge in [-0.3, -0.25) is 24.7 Å². The third kappa shape index (κ3) is 6.68. The van der Waals surface area contributed by atoms with Crippen molar-refractivity contribution >= 4 is 29.7 Å². The molecule has 4 aromatic carbocycles. The van der Waals surface area contributed by atoms with Crippen molar-refractivity contribution in [2.75, 3.05) is 47.0 Å². The number of methoxy groups -OCH3 is 2. The minimum absolute atomic E-state index is 0.0304. The van der Waals surface area contributed by atoms with Gasteiger partial charge in [0.15, 0.2) is 40.0 Å². The van der Waals surface area contributed by atoms with Crippen LogP contribution in [0.1, 0.15) is 80.7 Å². The normalized spacial score (nSPS) is 26.1. The van der Waals surface area contributed by atoms with Crippen LogP contribution in [-0.4, -0.2) is 97.9 Å². The van der Waals surface area contributed by atoms with Crippen LogP contribution >= 0.6 is 11.8 Å². The van der Waals surface area contributed by atoms with Crippen LogP contribution in [0.3, 0.4) is 0 Å². The number of carbonyl (C=O) groups excluding carboxylic acids is 3. The molecule has 0 amide bonds. The third-order valence-electron chi connectivity index (χ3n) is 14.1. The SMILES string of the molecule is COc1cc2c(cc1OC(=O)CCc1ccccc1)CCN[C@]21CS[C@@H]2c3c(OC(C)=O)c(C)c4c(c3[C@H](COC1=O)N1C2[C@H]2c3c(cc(C)c(OC)c3O)C[C@@H]([C@@H]1C#N)N2C)OCO4. The Balaban J connectivity index is 1.14. The highest BCUT2D eigenvalue weighted by Gasteiger charge is 2.62. The van der Waals surface area contributed by atoms with E-state index in [1.807, 2.05) is 57.3 Å². The number of esters is 3. The standard InChI is InChI=1S/C49H50N4O11S/c1-24-16-29-17-31-32(20-50)53-33-21-60-48(57)49(30-19-34(58-5)35(18-28(30)14-15-51-49)64-36(55)13-12-27-10-8-7-9-11-27)22-65-47(41(53)40(52(31)4)37(29)42(56)43(24)59-6)39-38(33)46-45(61-23-62-46)25(2)44(39)63-26(3)54/h7-11,16,18-19,31-33,40-41,47,51,56H,12-15,17,21-23H2,1-6H3/t31-,32-,33-,40+,41?,47+,49+/m0/s1. The molecule has 0 saturated carbocycles. The summed E-state index contributed by atoms with van der Waals surface area (Å²) in [5.74, 6) is 0.758. The molecule has 7 atom stereocenters. The maximum absolute atomic E-state index is 15.1. The molecule has 0 aromatic heterocycles. The van der Waals surface area contributed by atoms with Crippen LogP contribution in [0.2, 0.25) is 0 Å². The molecule has 4 aromatic rings. The molecule has 7 aliphatic rings. The minimum atomic E-state index is -1.43. The van der Waals surface area contributed by atoms with Crippen molar-refractivity contribution in [1.29, 1.82) is 5.26 Å². The quantitative estimate of drug-likeness (QED) is 0.167. The number of thioether (sulfide) groups is 1. The number of fused-ring (bicyclic) bond motifs is 9. The second kappa shape index (κ2) is 16.5. The number of phenolic OH excluding ortho intramolecular Hbond substituents is 1. The summed E-state index contributed by atoms with van der Waals surface area (Å²) in [6.45, 7) is 5.19. The summed E-state index contributed by atoms with van der Waals surface area (Å²) in [7, 11) is 5.01. The van der Waals surface area contributed by atoms with Gasteiger partial charge in [0, 0.05) is 60.0 Å². The molecule has 338 valence electrons. The molecule has 1 unspecified atom stereocenters. The average molecular weight is 903 g/mol. The number of phenols is 1. The average Bonchev–Trinajstić information content (AvgIpc) is 3.79. The van der Waals surface area contributed by atoms with Gasteiger partial charge in [-0.1, -0.05) is 36.4 Å². The van der Waals surface area contributed by atoms with Gasteiger partial charge in [0.05, 0.1) is 37.6 Å². The number of piperazine rings is 1. The van der Waals surface area contributed by atoms with Gasteiger partial charge in [0.25, 0.3) is 0 Å². The molecule has 2 N–H and O–H groups in total. The van der Waals surface area contributed by atoms with Crippen molar-refractivity contribution in [3.8, 4) is 46.3 Å². The van der Waals surface area contributed by atoms with E-state index in [0.29, 0.717) is 76.6 Å². The largest absolute Gasteiger partial charge is 0.504 e. The Morgan fingerprint density at radius 3 is 2.51 bits per heavy atom. The summed E-state index contributed by atoms with van der Waals surface area (Å²) in [5, 5.41) is 26.4. The number of likely N-dealkylation sites (N-methyl/N-ethyl adjacent to an activating group) is 1. The van der Waals surface area contributed by atoms with Gasteiger partial charge in [-0.2, -0.15) is 5.26 Å². The van der Waals surface area contributed by atoms with E-state index in [1.165, 1.54) is 32.9 Å². The Morgan fingerprint density at radius 1 is 0.985 bits per heavy atom. The van der Waals surface area contributed by atoms with Gasteiger partial charge >= 0.3 is 17.9 Å². The highest BCUT2D eigenvalue weighted by atomic mass is 32.2. The maximum atomic E-state index is 15.1. The van der Waals surface area contributed by atoms with Crippen LogP contribution in [0.5, 0.6) is 40.2 Å². The zero-order chi connectivity index (χ0) is 45.5. The Hall–Kier alpha value is -5.99. The van der Waals surface area contributed by atoms with Crippen molar-refractivity contribution in [1.82, 2.24) is 15.1 Å². The van der Waals surface area contributed by atoms with Crippen molar-refractivity contribution in [2.24, 2.45) is 0 Å². The lowest BCUT2D eigenvalue weighted by Crippen LogP contribution is -2.69. The molecule has 4 bridgehead atoms. The predicted octanol–water partition coefficient (Wildman–Crippen LogP) is 5.82. The molecule has 2 saturated heterocycles. The van der Waals surface area contributed by atoms with Crippen LogP contribution < -0.4 is 33.7 Å². The number of nitrogens with zero attached hydrogens (tertiary/aromatic N) is 3. The molecule has 65 heavy (non-hydrogen) atoms. The van der Waals surface area contributed by atoms with Crippen LogP contribution in [0.25, 0.3) is 0 Å². The first-order valence-electron chi connectivity index (χ1n) is 21.8. The zero-order valence-electron chi connectivity index (χ0n) is 37.0. The van der Waals surface area contributed by atoms with Crippen LogP contribution in [0.15, 0.2) is 48.5 Å². The molecule has 7 heterocycles. The van der Waals surface area contributed by atoms with Gasteiger partial charge in [-0.15, -0.1) is 11.8 Å². The molecular formula is C49H50N4O11S. The van der Waals surface area contributed by atoms with Gasteiger partial charge in [-0.05, 0) is 80.1 Å². The van der Waals surface area contributed by atoms with Gasteiger partial charge < -0.3 is 38.3 Å². The number of rotatable bonds is 7. The van der Waals surface area contributed by atoms with E-state index in [0.717, 1.165) is 22.3 Å². The monoisotopic (exact) mass is 902 g/mol. The topological polar surface area (TPSA) is 178 Å². The van der Waals surface area contributed by atoms with Crippen LogP contribution in [-0.2, 0) is 43.9 Å². The summed E-state index contributed by atoms with van der Waals surface area (Å²) >= 11 is 1.47. The number of aromatic hydroxyl groups is 1. The highest BCUT2D eigenvalue weighted by Crippen LogP contribution is 2.64. The summed E-state index contributed by atoms with van der Waals surface area (Å²) < 4.78 is 42.7. The Labute approximate surface area is 380 Å². The lowest BCUT2D eigenvalue weighted by molar-refractivity contribution is -0.157. The lowest BCUT2D eigenvalue weighted by atomic mass is 9.71. The molecule has 1 spiro atoms. The summed E-state index contributed by atoms with van der Waals surface area (Å²) in [5.41, 5.74) is 5.26. The van der Waals surface area contributed by atoms with Crippen molar-refractivity contribution in [3.63, 3.8) is 0 Å². The number of ether oxygens (including phenoxy) is 7. The van der Waals surface area contributed by atoms with Crippen molar-refractivity contribution in [2.45, 2.75) is 87.5 Å². The van der Waals surface area contributed by atoms with E-state index in [4.69, 9.17) is 33.2 Å². The number of aryl methyl sites for hydroxylation is 2. The number of hydrogen-bond acceptors (Lipinski definition) is 16. The van der Waals surface area contributed by atoms with Crippen LogP contribution in [0, 0.1) is 25.2 Å². The fraction of sp³-hybridized carbons (Fsp3) is 0.429. The van der Waals surface area contributed by atoms with E-state index in [2.05, 4.69) is 21.2 Å². The van der Waals surface area contributed by atoms with E-state index in [1.54, 1.807) is 12.1 Å². The van der Waals surface area contributed by atoms with Gasteiger partial charge in [-0.25, -0.2) is 4.79 Å². The van der Waals surface area contributed by atoms with E-state index >= 15 is 4.79 Å². The molecular weight excluding hydrogens is 853 g/mol. The zero-order valence-corrected chi connectivity index (χ0v) is 37.8. The third-order valence-corrected chi connectivity index (χ3v) is 15.6. The van der Waals surface area contributed by atoms with E-state index < -0.39 is 52.9 Å². The summed E-state index contributed by atoms with van der Waals surface area (Å²) in [6.07, 6.45) is 1.67. The minimum Gasteiger partial charge on any atom is -0.504 e. The fourth-order valence-electron chi connectivity index (χ4n) is 11.3. The predicted molar refractivity (Wildman–Crippen MR) is 237 cm³/mol. The molecule has 16 heteroatoms. The van der Waals surface area contributed by atoms with Crippen molar-refractivity contribution in [3.05, 3.63) is 98.6 Å². The Bertz CT molecular complexity index is 2690. The van der Waals surface area contributed by atoms with Crippen LogP contribution in [0.4, 0.5) is 0 Å². The number of carbonyl (C=O) groups is 3. The number of benzene rings is 4. The molecule has 11 rings (SSSR count). The molecule has 7 aliphatic heterocycles. The second-order valence-corrected chi connectivity index (χ2v) is 18.7. The number of nitriles is 1. The number of hydrogen-bond donors (Lipinski definition) is 2. The van der Waals surface area contributed by atoms with Gasteiger partial charge in [0.1, 0.15) is 18.4 Å². The van der Waals surface area contributed by atoms with Gasteiger partial charge in [0.2, 0.25) is 6.79 Å². The molecule has 0 radical (unpaired) electrons. The fourth-order valence-corrected chi connectivity index (χ4v) is 13.0. The van der Waals surface area contributed by atoms with Crippen molar-refractivity contribution < 1.29 is 52.6 Å². The Kier molecular flexibility index (Phi) is 10.9. The number of nitrogens with one attached hydrogen (secondary N) is 1. The smallest absolute Gasteiger partial charge is 0.331 e. The molecule has 0 aliphatic carbocycles. The maximum Gasteiger partial charge on any atom is 0.331 e. The first-order chi connectivity index (χ1) is 31.4. The first kappa shape index (κ1) is 42.9. The Morgan fingerprint density at radius 2 is 1.77 bits per heavy atom. The van der Waals surface area contributed by atoms with E-state index in [9.17, 15) is 20.0 Å². The lowest BCUT2D eigenvalue weighted by Gasteiger charge is -2.62. The highest BCUT2D eigenvalue weighted by molar-refractivity contribution is 7.99. The molecule has 2 fully saturated rings. The first-order valence-corrected chi connectivity index (χ1v) is 22.9. The second-order valence-electron chi connectivity index (χ2n) is 17.5. The van der Waals surface area contributed by atoms with E-state index in [-0.39, 0.29) is 48.9 Å². The summed E-state index contributed by atoms with van der Waals surface area (Å²) in [4.78, 5) is 45.8. The molecule has 15 nitrogen and oxygen atoms in total.